The lowest BCUT2D eigenvalue weighted by molar-refractivity contribution is 0.112. The van der Waals surface area contributed by atoms with Crippen molar-refractivity contribution in [1.29, 1.82) is 0 Å². The van der Waals surface area contributed by atoms with E-state index in [9.17, 15) is 13.2 Å². The van der Waals surface area contributed by atoms with Crippen LogP contribution in [0.15, 0.2) is 83.8 Å². The number of anilines is 1. The zero-order chi connectivity index (χ0) is 21.6. The molecule has 0 aromatic heterocycles. The number of aldehydes is 1. The monoisotopic (exact) mass is 421 g/mol. The van der Waals surface area contributed by atoms with Gasteiger partial charge >= 0.3 is 0 Å². The molecule has 154 valence electrons. The minimum Gasteiger partial charge on any atom is -0.497 e. The number of aryl methyl sites for hydroxylation is 1. The van der Waals surface area contributed by atoms with E-state index >= 15 is 0 Å². The predicted octanol–water partition coefficient (Wildman–Crippen LogP) is 4.72. The van der Waals surface area contributed by atoms with Crippen molar-refractivity contribution in [3.8, 4) is 5.75 Å². The second-order valence-corrected chi connectivity index (χ2v) is 8.61. The lowest BCUT2D eigenvalue weighted by atomic mass is 10.2. The maximum Gasteiger partial charge on any atom is 0.264 e. The van der Waals surface area contributed by atoms with E-state index in [-0.39, 0.29) is 11.4 Å². The molecular formula is C24H23NO4S. The fraction of sp³-hybridized carbons (Fsp3) is 0.125. The van der Waals surface area contributed by atoms with E-state index in [1.165, 1.54) is 17.5 Å². The second-order valence-electron chi connectivity index (χ2n) is 6.74. The number of hydrogen-bond donors (Lipinski definition) is 0. The third-order valence-corrected chi connectivity index (χ3v) is 6.37. The minimum atomic E-state index is -3.86. The van der Waals surface area contributed by atoms with Gasteiger partial charge in [-0.05, 0) is 36.8 Å². The van der Waals surface area contributed by atoms with Crippen LogP contribution < -0.4 is 9.04 Å². The van der Waals surface area contributed by atoms with Gasteiger partial charge in [0.25, 0.3) is 10.0 Å². The molecular weight excluding hydrogens is 398 g/mol. The van der Waals surface area contributed by atoms with Crippen LogP contribution in [0.2, 0.25) is 0 Å². The molecule has 5 nitrogen and oxygen atoms in total. The normalized spacial score (nSPS) is 11.4. The largest absolute Gasteiger partial charge is 0.497 e. The molecule has 0 atom stereocenters. The average molecular weight is 422 g/mol. The van der Waals surface area contributed by atoms with E-state index in [0.717, 1.165) is 11.1 Å². The van der Waals surface area contributed by atoms with Crippen molar-refractivity contribution in [2.75, 3.05) is 18.0 Å². The van der Waals surface area contributed by atoms with E-state index in [0.29, 0.717) is 23.3 Å². The fourth-order valence-corrected chi connectivity index (χ4v) is 4.36. The van der Waals surface area contributed by atoms with Gasteiger partial charge in [-0.2, -0.15) is 0 Å². The number of nitrogens with zero attached hydrogens (tertiary/aromatic N) is 1. The smallest absolute Gasteiger partial charge is 0.264 e. The van der Waals surface area contributed by atoms with Crippen LogP contribution in [0.3, 0.4) is 0 Å². The topological polar surface area (TPSA) is 63.7 Å². The second kappa shape index (κ2) is 9.41. The number of methoxy groups -OCH3 is 1. The standard InChI is InChI=1S/C24H23NO4S/c1-19-10-12-24(13-11-19)30(27,28)25(14-6-9-20-7-4-3-5-8-20)22-15-21(18-26)16-23(17-22)29-2/h3-13,15-18H,14H2,1-2H3/b9-6+. The van der Waals surface area contributed by atoms with Gasteiger partial charge < -0.3 is 4.74 Å². The molecule has 0 N–H and O–H groups in total. The summed E-state index contributed by atoms with van der Waals surface area (Å²) in [6.45, 7) is 1.99. The zero-order valence-corrected chi connectivity index (χ0v) is 17.7. The van der Waals surface area contributed by atoms with Crippen LogP contribution >= 0.6 is 0 Å². The predicted molar refractivity (Wildman–Crippen MR) is 120 cm³/mol. The molecule has 3 aromatic carbocycles. The van der Waals surface area contributed by atoms with Crippen molar-refractivity contribution < 1.29 is 17.9 Å². The first kappa shape index (κ1) is 21.3. The number of sulfonamides is 1. The Bertz CT molecular complexity index is 1140. The van der Waals surface area contributed by atoms with E-state index in [2.05, 4.69) is 0 Å². The third-order valence-electron chi connectivity index (χ3n) is 4.56. The van der Waals surface area contributed by atoms with Crippen molar-refractivity contribution in [3.63, 3.8) is 0 Å². The summed E-state index contributed by atoms with van der Waals surface area (Å²) in [6.07, 6.45) is 4.31. The summed E-state index contributed by atoms with van der Waals surface area (Å²) in [5, 5.41) is 0. The maximum absolute atomic E-state index is 13.4. The molecule has 3 aromatic rings. The molecule has 0 aliphatic carbocycles. The Kier molecular flexibility index (Phi) is 6.69. The zero-order valence-electron chi connectivity index (χ0n) is 16.9. The molecule has 6 heteroatoms. The van der Waals surface area contributed by atoms with Gasteiger partial charge in [0.2, 0.25) is 0 Å². The fourth-order valence-electron chi connectivity index (χ4n) is 2.96. The number of carbonyl (C=O) groups excluding carboxylic acids is 1. The quantitative estimate of drug-likeness (QED) is 0.494. The maximum atomic E-state index is 13.4. The molecule has 0 spiro atoms. The molecule has 30 heavy (non-hydrogen) atoms. The van der Waals surface area contributed by atoms with Crippen molar-refractivity contribution in [3.05, 3.63) is 95.6 Å². The Balaban J connectivity index is 2.05. The van der Waals surface area contributed by atoms with Gasteiger partial charge in [0.1, 0.15) is 12.0 Å². The van der Waals surface area contributed by atoms with Crippen LogP contribution in [-0.2, 0) is 10.0 Å². The molecule has 0 aliphatic heterocycles. The van der Waals surface area contributed by atoms with Crippen LogP contribution in [0, 0.1) is 6.92 Å². The summed E-state index contributed by atoms with van der Waals surface area (Å²) in [5.41, 5.74) is 2.62. The van der Waals surface area contributed by atoms with Crippen LogP contribution in [0.25, 0.3) is 6.08 Å². The van der Waals surface area contributed by atoms with Crippen molar-refractivity contribution in [2.24, 2.45) is 0 Å². The molecule has 0 fully saturated rings. The first-order valence-electron chi connectivity index (χ1n) is 9.39. The molecule has 3 rings (SSSR count). The minimum absolute atomic E-state index is 0.0938. The SMILES string of the molecule is COc1cc(C=O)cc(N(C/C=C/c2ccccc2)S(=O)(=O)c2ccc(C)cc2)c1. The summed E-state index contributed by atoms with van der Waals surface area (Å²) in [6, 6.07) is 21.0. The van der Waals surface area contributed by atoms with E-state index < -0.39 is 10.0 Å². The van der Waals surface area contributed by atoms with Gasteiger partial charge in [-0.3, -0.25) is 9.10 Å². The Morgan fingerprint density at radius 3 is 2.27 bits per heavy atom. The highest BCUT2D eigenvalue weighted by molar-refractivity contribution is 7.92. The summed E-state index contributed by atoms with van der Waals surface area (Å²) >= 11 is 0. The van der Waals surface area contributed by atoms with E-state index in [1.807, 2.05) is 43.3 Å². The van der Waals surface area contributed by atoms with Crippen molar-refractivity contribution in [1.82, 2.24) is 0 Å². The molecule has 0 radical (unpaired) electrons. The highest BCUT2D eigenvalue weighted by Crippen LogP contribution is 2.28. The van der Waals surface area contributed by atoms with Gasteiger partial charge in [0.15, 0.2) is 0 Å². The van der Waals surface area contributed by atoms with Crippen molar-refractivity contribution >= 4 is 28.1 Å². The van der Waals surface area contributed by atoms with Crippen LogP contribution in [0.5, 0.6) is 5.75 Å². The number of benzene rings is 3. The van der Waals surface area contributed by atoms with E-state index in [4.69, 9.17) is 4.74 Å². The van der Waals surface area contributed by atoms with Gasteiger partial charge in [-0.15, -0.1) is 0 Å². The molecule has 0 saturated carbocycles. The summed E-state index contributed by atoms with van der Waals surface area (Å²) in [7, 11) is -2.39. The molecule has 0 bridgehead atoms. The van der Waals surface area contributed by atoms with Crippen LogP contribution in [0.4, 0.5) is 5.69 Å². The Morgan fingerprint density at radius 1 is 0.933 bits per heavy atom. The van der Waals surface area contributed by atoms with Gasteiger partial charge in [0, 0.05) is 11.6 Å². The number of carbonyl (C=O) groups is 1. The van der Waals surface area contributed by atoms with Crippen molar-refractivity contribution in [2.45, 2.75) is 11.8 Å². The summed E-state index contributed by atoms with van der Waals surface area (Å²) in [4.78, 5) is 11.5. The third kappa shape index (κ3) is 4.96. The molecule has 0 aliphatic rings. The van der Waals surface area contributed by atoms with Crippen LogP contribution in [0.1, 0.15) is 21.5 Å². The van der Waals surface area contributed by atoms with E-state index in [1.54, 1.807) is 42.5 Å². The first-order valence-corrected chi connectivity index (χ1v) is 10.8. The van der Waals surface area contributed by atoms with Crippen LogP contribution in [-0.4, -0.2) is 28.4 Å². The number of hydrogen-bond acceptors (Lipinski definition) is 4. The highest BCUT2D eigenvalue weighted by Gasteiger charge is 2.25. The van der Waals surface area contributed by atoms with Gasteiger partial charge in [-0.25, -0.2) is 8.42 Å². The highest BCUT2D eigenvalue weighted by atomic mass is 32.2. The Morgan fingerprint density at radius 2 is 1.63 bits per heavy atom. The Labute approximate surface area is 177 Å². The number of ether oxygens (including phenoxy) is 1. The molecule has 0 amide bonds. The summed E-state index contributed by atoms with van der Waals surface area (Å²) in [5.74, 6) is 0.408. The molecule has 0 unspecified atom stereocenters. The first-order chi connectivity index (χ1) is 14.4. The molecule has 0 saturated heterocycles. The van der Waals surface area contributed by atoms with Gasteiger partial charge in [0.05, 0.1) is 24.2 Å². The summed E-state index contributed by atoms with van der Waals surface area (Å²) < 4.78 is 33.4. The number of rotatable bonds is 8. The lowest BCUT2D eigenvalue weighted by Crippen LogP contribution is -2.31. The Hall–Kier alpha value is -3.38. The molecule has 0 heterocycles. The average Bonchev–Trinajstić information content (AvgIpc) is 2.77. The lowest BCUT2D eigenvalue weighted by Gasteiger charge is -2.24. The van der Waals surface area contributed by atoms with Gasteiger partial charge in [-0.1, -0.05) is 60.2 Å².